The van der Waals surface area contributed by atoms with E-state index in [9.17, 15) is 9.90 Å². The molecule has 110 valence electrons. The number of nitrogens with zero attached hydrogens (tertiary/aromatic N) is 2. The van der Waals surface area contributed by atoms with E-state index in [1.807, 2.05) is 6.92 Å². The minimum absolute atomic E-state index is 0.301. The quantitative estimate of drug-likeness (QED) is 0.827. The molecule has 2 heterocycles. The van der Waals surface area contributed by atoms with Gasteiger partial charge in [-0.25, -0.2) is 0 Å². The number of likely N-dealkylation sites (tertiary alicyclic amines) is 1. The van der Waals surface area contributed by atoms with Gasteiger partial charge < -0.3 is 9.84 Å². The Hall–Kier alpha value is -0.650. The second kappa shape index (κ2) is 6.68. The zero-order chi connectivity index (χ0) is 13.8. The molecule has 2 atom stereocenters. The van der Waals surface area contributed by atoms with Crippen molar-refractivity contribution >= 4 is 5.97 Å². The van der Waals surface area contributed by atoms with E-state index < -0.39 is 5.97 Å². The van der Waals surface area contributed by atoms with Gasteiger partial charge in [-0.1, -0.05) is 6.92 Å². The van der Waals surface area contributed by atoms with Crippen molar-refractivity contribution in [1.82, 2.24) is 9.80 Å². The van der Waals surface area contributed by atoms with Crippen molar-refractivity contribution < 1.29 is 14.6 Å². The lowest BCUT2D eigenvalue weighted by Crippen LogP contribution is -2.53. The van der Waals surface area contributed by atoms with Crippen molar-refractivity contribution in [3.63, 3.8) is 0 Å². The average molecular weight is 270 g/mol. The molecule has 0 aromatic rings. The molecule has 0 radical (unpaired) electrons. The summed E-state index contributed by atoms with van der Waals surface area (Å²) in [5.41, 5.74) is 0. The van der Waals surface area contributed by atoms with E-state index in [4.69, 9.17) is 4.74 Å². The highest BCUT2D eigenvalue weighted by molar-refractivity contribution is 5.73. The van der Waals surface area contributed by atoms with E-state index in [0.29, 0.717) is 18.6 Å². The van der Waals surface area contributed by atoms with Crippen LogP contribution < -0.4 is 0 Å². The first-order valence-corrected chi connectivity index (χ1v) is 7.44. The number of morpholine rings is 1. The number of aliphatic carboxylic acids is 1. The van der Waals surface area contributed by atoms with Crippen molar-refractivity contribution in [1.29, 1.82) is 0 Å². The van der Waals surface area contributed by atoms with Crippen LogP contribution in [0.1, 0.15) is 33.1 Å². The van der Waals surface area contributed by atoms with Crippen LogP contribution in [0.3, 0.4) is 0 Å². The second-order valence-corrected chi connectivity index (χ2v) is 5.71. The predicted octanol–water partition coefficient (Wildman–Crippen LogP) is 1.03. The Bertz CT molecular complexity index is 303. The molecule has 2 saturated heterocycles. The van der Waals surface area contributed by atoms with E-state index in [1.165, 1.54) is 0 Å². The van der Waals surface area contributed by atoms with E-state index >= 15 is 0 Å². The number of rotatable bonds is 4. The molecule has 5 nitrogen and oxygen atoms in total. The monoisotopic (exact) mass is 270 g/mol. The molecule has 2 fully saturated rings. The van der Waals surface area contributed by atoms with Gasteiger partial charge in [-0.3, -0.25) is 14.6 Å². The number of carboxylic acids is 1. The van der Waals surface area contributed by atoms with Crippen molar-refractivity contribution in [3.05, 3.63) is 0 Å². The first kappa shape index (κ1) is 14.8. The SMILES string of the molecule is CCC(C(=O)O)N1CCC(N2CCOC(C)C2)CC1. The molecule has 0 bridgehead atoms. The molecular weight excluding hydrogens is 244 g/mol. The fourth-order valence-corrected chi connectivity index (χ4v) is 3.33. The van der Waals surface area contributed by atoms with Gasteiger partial charge in [-0.05, 0) is 26.2 Å². The summed E-state index contributed by atoms with van der Waals surface area (Å²) in [6.07, 6.45) is 3.18. The van der Waals surface area contributed by atoms with Crippen LogP contribution in [0.15, 0.2) is 0 Å². The molecule has 0 amide bonds. The highest BCUT2D eigenvalue weighted by atomic mass is 16.5. The molecule has 19 heavy (non-hydrogen) atoms. The van der Waals surface area contributed by atoms with Gasteiger partial charge in [-0.15, -0.1) is 0 Å². The lowest BCUT2D eigenvalue weighted by atomic mass is 10.00. The number of hydrogen-bond acceptors (Lipinski definition) is 4. The van der Waals surface area contributed by atoms with Crippen LogP contribution in [-0.4, -0.2) is 71.8 Å². The summed E-state index contributed by atoms with van der Waals surface area (Å²) >= 11 is 0. The lowest BCUT2D eigenvalue weighted by molar-refractivity contribution is -0.144. The Balaban J connectivity index is 1.83. The maximum Gasteiger partial charge on any atom is 0.320 e. The molecule has 0 saturated carbocycles. The maximum absolute atomic E-state index is 11.2. The van der Waals surface area contributed by atoms with Gasteiger partial charge in [0.25, 0.3) is 0 Å². The Morgan fingerprint density at radius 3 is 2.58 bits per heavy atom. The molecule has 0 spiro atoms. The van der Waals surface area contributed by atoms with Gasteiger partial charge >= 0.3 is 5.97 Å². The standard InChI is InChI=1S/C14H26N2O3/c1-3-13(14(17)18)15-6-4-12(5-7-15)16-8-9-19-11(2)10-16/h11-13H,3-10H2,1-2H3,(H,17,18). The van der Waals surface area contributed by atoms with Crippen LogP contribution in [0.4, 0.5) is 0 Å². The molecule has 2 aliphatic rings. The van der Waals surface area contributed by atoms with Crippen LogP contribution in [0.25, 0.3) is 0 Å². The number of hydrogen-bond donors (Lipinski definition) is 1. The smallest absolute Gasteiger partial charge is 0.320 e. The zero-order valence-electron chi connectivity index (χ0n) is 12.0. The molecule has 5 heteroatoms. The lowest BCUT2D eigenvalue weighted by Gasteiger charge is -2.42. The largest absolute Gasteiger partial charge is 0.480 e. The number of piperidine rings is 1. The Labute approximate surface area is 115 Å². The van der Waals surface area contributed by atoms with Crippen LogP contribution in [0, 0.1) is 0 Å². The normalized spacial score (nSPS) is 29.3. The van der Waals surface area contributed by atoms with Gasteiger partial charge in [0.1, 0.15) is 6.04 Å². The first-order chi connectivity index (χ1) is 9.11. The van der Waals surface area contributed by atoms with Crippen LogP contribution in [0.2, 0.25) is 0 Å². The number of carbonyl (C=O) groups is 1. The fourth-order valence-electron chi connectivity index (χ4n) is 3.33. The van der Waals surface area contributed by atoms with Crippen molar-refractivity contribution in [2.75, 3.05) is 32.8 Å². The second-order valence-electron chi connectivity index (χ2n) is 5.71. The highest BCUT2D eigenvalue weighted by Gasteiger charge is 2.31. The third-order valence-corrected chi connectivity index (χ3v) is 4.40. The third-order valence-electron chi connectivity index (χ3n) is 4.40. The van der Waals surface area contributed by atoms with Gasteiger partial charge in [-0.2, -0.15) is 0 Å². The molecular formula is C14H26N2O3. The molecule has 0 aliphatic carbocycles. The van der Waals surface area contributed by atoms with E-state index in [2.05, 4.69) is 16.7 Å². The summed E-state index contributed by atoms with van der Waals surface area (Å²) in [5, 5.41) is 9.21. The van der Waals surface area contributed by atoms with Gasteiger partial charge in [0.05, 0.1) is 12.7 Å². The van der Waals surface area contributed by atoms with E-state index in [0.717, 1.165) is 45.6 Å². The zero-order valence-corrected chi connectivity index (χ0v) is 12.0. The number of ether oxygens (including phenoxy) is 1. The highest BCUT2D eigenvalue weighted by Crippen LogP contribution is 2.21. The molecule has 2 rings (SSSR count). The van der Waals surface area contributed by atoms with E-state index in [-0.39, 0.29) is 6.04 Å². The van der Waals surface area contributed by atoms with Gasteiger partial charge in [0.15, 0.2) is 0 Å². The van der Waals surface area contributed by atoms with E-state index in [1.54, 1.807) is 0 Å². The van der Waals surface area contributed by atoms with Crippen LogP contribution in [0.5, 0.6) is 0 Å². The maximum atomic E-state index is 11.2. The summed E-state index contributed by atoms with van der Waals surface area (Å²) in [4.78, 5) is 15.8. The molecule has 2 unspecified atom stereocenters. The minimum atomic E-state index is -0.680. The minimum Gasteiger partial charge on any atom is -0.480 e. The number of carboxylic acid groups (broad SMARTS) is 1. The molecule has 1 N–H and O–H groups in total. The summed E-state index contributed by atoms with van der Waals surface area (Å²) in [6, 6.07) is 0.304. The summed E-state index contributed by atoms with van der Waals surface area (Å²) in [5.74, 6) is -0.680. The van der Waals surface area contributed by atoms with Gasteiger partial charge in [0.2, 0.25) is 0 Å². The third kappa shape index (κ3) is 3.68. The Morgan fingerprint density at radius 1 is 1.37 bits per heavy atom. The summed E-state index contributed by atoms with van der Waals surface area (Å²) in [7, 11) is 0. The van der Waals surface area contributed by atoms with Gasteiger partial charge in [0, 0.05) is 32.2 Å². The van der Waals surface area contributed by atoms with Crippen molar-refractivity contribution in [2.45, 2.75) is 51.3 Å². The average Bonchev–Trinajstić information content (AvgIpc) is 2.40. The summed E-state index contributed by atoms with van der Waals surface area (Å²) < 4.78 is 5.58. The molecule has 0 aromatic heterocycles. The fraction of sp³-hybridized carbons (Fsp3) is 0.929. The topological polar surface area (TPSA) is 53.0 Å². The van der Waals surface area contributed by atoms with Crippen LogP contribution >= 0.6 is 0 Å². The molecule has 2 aliphatic heterocycles. The van der Waals surface area contributed by atoms with Crippen LogP contribution in [-0.2, 0) is 9.53 Å². The van der Waals surface area contributed by atoms with Crippen molar-refractivity contribution in [3.8, 4) is 0 Å². The Kier molecular flexibility index (Phi) is 5.19. The Morgan fingerprint density at radius 2 is 2.05 bits per heavy atom. The predicted molar refractivity (Wildman–Crippen MR) is 73.3 cm³/mol. The summed E-state index contributed by atoms with van der Waals surface area (Å²) in [6.45, 7) is 8.75. The first-order valence-electron chi connectivity index (χ1n) is 7.44. The van der Waals surface area contributed by atoms with Crippen molar-refractivity contribution in [2.24, 2.45) is 0 Å². The molecule has 0 aromatic carbocycles.